The molecule has 0 saturated heterocycles. The summed E-state index contributed by atoms with van der Waals surface area (Å²) in [5, 5.41) is 16.7. The Balaban J connectivity index is 3.01. The molecule has 0 aliphatic rings. The van der Waals surface area contributed by atoms with Gasteiger partial charge in [0.15, 0.2) is 0 Å². The molecule has 1 aromatic rings. The summed E-state index contributed by atoms with van der Waals surface area (Å²) in [7, 11) is 3.47. The van der Waals surface area contributed by atoms with Crippen LogP contribution in [0, 0.1) is 0 Å². The molecule has 0 spiro atoms. The number of hydrogen-bond acceptors (Lipinski definition) is 5. The lowest BCUT2D eigenvalue weighted by Crippen LogP contribution is -2.56. The molecule has 1 rings (SSSR count). The summed E-state index contributed by atoms with van der Waals surface area (Å²) in [6.07, 6.45) is 0. The second-order valence-corrected chi connectivity index (χ2v) is 2.92. The third kappa shape index (κ3) is 1.99. The number of nitrogens with zero attached hydrogens (tertiary/aromatic N) is 3. The summed E-state index contributed by atoms with van der Waals surface area (Å²) in [4.78, 5) is 12.1. The first-order valence-electron chi connectivity index (χ1n) is 4.03. The van der Waals surface area contributed by atoms with Gasteiger partial charge in [0.1, 0.15) is 6.61 Å². The quantitative estimate of drug-likeness (QED) is 0.588. The summed E-state index contributed by atoms with van der Waals surface area (Å²) in [5.41, 5.74) is 0.394. The van der Waals surface area contributed by atoms with Gasteiger partial charge in [-0.05, 0) is 0 Å². The standard InChI is InChI=1S/C7H12N4O3/c1-5(13)8-7-6(4-12)11(9-14-7)10(2)3/h12H,4H2,1-3H3/p+1. The first-order valence-corrected chi connectivity index (χ1v) is 4.03. The Bertz CT molecular complexity index is 334. The molecule has 0 aromatic carbocycles. The van der Waals surface area contributed by atoms with Crippen molar-refractivity contribution in [1.82, 2.24) is 5.27 Å². The number of carbonyl (C=O) groups excluding carboxylic acids is 1. The molecule has 0 bridgehead atoms. The lowest BCUT2D eigenvalue weighted by molar-refractivity contribution is -0.760. The van der Waals surface area contributed by atoms with E-state index >= 15 is 0 Å². The van der Waals surface area contributed by atoms with Crippen molar-refractivity contribution in [2.75, 3.05) is 24.4 Å². The Morgan fingerprint density at radius 2 is 2.36 bits per heavy atom. The Hall–Kier alpha value is -1.63. The molecule has 0 saturated carbocycles. The summed E-state index contributed by atoms with van der Waals surface area (Å²) in [6.45, 7) is 1.08. The maximum Gasteiger partial charge on any atom is 0.333 e. The van der Waals surface area contributed by atoms with E-state index in [4.69, 9.17) is 9.63 Å². The average molecular weight is 201 g/mol. The van der Waals surface area contributed by atoms with Gasteiger partial charge in [0, 0.05) is 6.92 Å². The van der Waals surface area contributed by atoms with E-state index < -0.39 is 0 Å². The second kappa shape index (κ2) is 4.05. The van der Waals surface area contributed by atoms with E-state index in [2.05, 4.69) is 10.6 Å². The molecule has 0 aliphatic carbocycles. The molecule has 78 valence electrons. The Morgan fingerprint density at radius 3 is 2.79 bits per heavy atom. The van der Waals surface area contributed by atoms with Crippen LogP contribution in [0.1, 0.15) is 12.6 Å². The molecule has 1 amide bonds. The second-order valence-electron chi connectivity index (χ2n) is 2.92. The molecule has 2 N–H and O–H groups in total. The van der Waals surface area contributed by atoms with Crippen LogP contribution in [0.4, 0.5) is 5.88 Å². The van der Waals surface area contributed by atoms with Crippen molar-refractivity contribution in [3.63, 3.8) is 0 Å². The van der Waals surface area contributed by atoms with E-state index in [9.17, 15) is 4.79 Å². The predicted molar refractivity (Wildman–Crippen MR) is 47.0 cm³/mol. The Labute approximate surface area is 80.9 Å². The maximum atomic E-state index is 10.8. The summed E-state index contributed by atoms with van der Waals surface area (Å²) in [6, 6.07) is 0. The average Bonchev–Trinajstić information content (AvgIpc) is 2.46. The van der Waals surface area contributed by atoms with E-state index in [0.29, 0.717) is 5.69 Å². The van der Waals surface area contributed by atoms with Crippen molar-refractivity contribution in [2.24, 2.45) is 0 Å². The van der Waals surface area contributed by atoms with Crippen LogP contribution in [0.25, 0.3) is 0 Å². The minimum Gasteiger partial charge on any atom is -0.385 e. The largest absolute Gasteiger partial charge is 0.385 e. The summed E-state index contributed by atoms with van der Waals surface area (Å²) < 4.78 is 4.84. The van der Waals surface area contributed by atoms with Gasteiger partial charge >= 0.3 is 11.6 Å². The highest BCUT2D eigenvalue weighted by Gasteiger charge is 2.26. The molecule has 1 heterocycles. The molecule has 14 heavy (non-hydrogen) atoms. The van der Waals surface area contributed by atoms with Gasteiger partial charge in [-0.25, -0.2) is 0 Å². The zero-order valence-electron chi connectivity index (χ0n) is 8.31. The number of rotatable bonds is 3. The summed E-state index contributed by atoms with van der Waals surface area (Å²) >= 11 is 0. The molecule has 0 fully saturated rings. The normalized spacial score (nSPS) is 10.0. The van der Waals surface area contributed by atoms with Crippen LogP contribution in [0.2, 0.25) is 0 Å². The number of anilines is 1. The van der Waals surface area contributed by atoms with Crippen LogP contribution in [0.3, 0.4) is 0 Å². The smallest absolute Gasteiger partial charge is 0.333 e. The Morgan fingerprint density at radius 1 is 1.71 bits per heavy atom. The number of amides is 1. The third-order valence-electron chi connectivity index (χ3n) is 1.53. The van der Waals surface area contributed by atoms with Crippen LogP contribution in [-0.4, -0.2) is 30.4 Å². The minimum atomic E-state index is -0.276. The number of aromatic nitrogens is 2. The topological polar surface area (TPSA) is 82.5 Å². The molecule has 1 aromatic heterocycles. The monoisotopic (exact) mass is 201 g/mol. The Kier molecular flexibility index (Phi) is 3.03. The van der Waals surface area contributed by atoms with Gasteiger partial charge in [0.25, 0.3) is 0 Å². The van der Waals surface area contributed by atoms with Crippen LogP contribution >= 0.6 is 0 Å². The van der Waals surface area contributed by atoms with Crippen LogP contribution < -0.4 is 15.1 Å². The van der Waals surface area contributed by atoms with Gasteiger partial charge in [0.2, 0.25) is 11.2 Å². The lowest BCUT2D eigenvalue weighted by atomic mass is 10.4. The highest BCUT2D eigenvalue weighted by Crippen LogP contribution is 2.09. The number of hydrogen-bond donors (Lipinski definition) is 2. The molecule has 0 unspecified atom stereocenters. The van der Waals surface area contributed by atoms with E-state index in [-0.39, 0.29) is 18.4 Å². The lowest BCUT2D eigenvalue weighted by Gasteiger charge is -1.99. The molecular formula is C7H13N4O3+. The molecule has 0 aliphatic heterocycles. The highest BCUT2D eigenvalue weighted by molar-refractivity contribution is 5.87. The number of aliphatic hydroxyl groups excluding tert-OH is 1. The number of nitrogens with one attached hydrogen (secondary N) is 1. The van der Waals surface area contributed by atoms with Gasteiger partial charge in [-0.2, -0.15) is 5.01 Å². The number of aliphatic hydroxyl groups is 1. The zero-order chi connectivity index (χ0) is 10.7. The first-order chi connectivity index (χ1) is 6.56. The van der Waals surface area contributed by atoms with Crippen LogP contribution in [-0.2, 0) is 11.4 Å². The van der Waals surface area contributed by atoms with Crippen molar-refractivity contribution in [1.29, 1.82) is 0 Å². The molecule has 0 atom stereocenters. The fourth-order valence-corrected chi connectivity index (χ4v) is 0.977. The van der Waals surface area contributed by atoms with Gasteiger partial charge < -0.3 is 5.11 Å². The van der Waals surface area contributed by atoms with Crippen molar-refractivity contribution in [3.8, 4) is 0 Å². The van der Waals surface area contributed by atoms with Crippen molar-refractivity contribution in [3.05, 3.63) is 5.69 Å². The zero-order valence-corrected chi connectivity index (χ0v) is 8.31. The number of carbonyl (C=O) groups is 1. The molecule has 7 nitrogen and oxygen atoms in total. The van der Waals surface area contributed by atoms with Gasteiger partial charge in [-0.15, -0.1) is 0 Å². The SMILES string of the molecule is CC(=O)Nc1on[n+](N(C)C)c1CO. The molecular weight excluding hydrogens is 188 g/mol. The van der Waals surface area contributed by atoms with Gasteiger partial charge in [-0.3, -0.25) is 14.6 Å². The van der Waals surface area contributed by atoms with Crippen molar-refractivity contribution < 1.29 is 19.2 Å². The molecule has 7 heteroatoms. The van der Waals surface area contributed by atoms with Crippen molar-refractivity contribution >= 4 is 11.8 Å². The maximum absolute atomic E-state index is 10.8. The van der Waals surface area contributed by atoms with Crippen molar-refractivity contribution in [2.45, 2.75) is 13.5 Å². The van der Waals surface area contributed by atoms with E-state index in [1.807, 2.05) is 0 Å². The van der Waals surface area contributed by atoms with E-state index in [1.54, 1.807) is 19.1 Å². The van der Waals surface area contributed by atoms with Gasteiger partial charge in [0.05, 0.1) is 18.9 Å². The van der Waals surface area contributed by atoms with Crippen LogP contribution in [0.5, 0.6) is 0 Å². The minimum absolute atomic E-state index is 0.161. The van der Waals surface area contributed by atoms with E-state index in [0.717, 1.165) is 0 Å². The van der Waals surface area contributed by atoms with Crippen LogP contribution in [0.15, 0.2) is 4.52 Å². The fraction of sp³-hybridized carbons (Fsp3) is 0.571. The third-order valence-corrected chi connectivity index (χ3v) is 1.53. The highest BCUT2D eigenvalue weighted by atomic mass is 16.5. The fourth-order valence-electron chi connectivity index (χ4n) is 0.977. The first kappa shape index (κ1) is 10.5. The molecule has 0 radical (unpaired) electrons. The van der Waals surface area contributed by atoms with Gasteiger partial charge in [-0.1, -0.05) is 0 Å². The predicted octanol–water partition coefficient (Wildman–Crippen LogP) is -1.39. The summed E-state index contributed by atoms with van der Waals surface area (Å²) in [5.74, 6) is -0.115. The van der Waals surface area contributed by atoms with E-state index in [1.165, 1.54) is 11.7 Å².